The standard InChI is InChI=1S/C10H19N3O6S/c1-11-9(14)13(10(15)18-2)19-20(16,17)12-8-6-4-3-5-7-8/h8,12H,3-7H2,1-2H3,(H,11,14). The number of ether oxygens (including phenoxy) is 1. The van der Waals surface area contributed by atoms with Gasteiger partial charge in [-0.3, -0.25) is 0 Å². The van der Waals surface area contributed by atoms with Gasteiger partial charge in [-0.2, -0.15) is 13.1 Å². The summed E-state index contributed by atoms with van der Waals surface area (Å²) in [4.78, 5) is 22.7. The van der Waals surface area contributed by atoms with Crippen LogP contribution in [0.3, 0.4) is 0 Å². The molecule has 1 aliphatic rings. The quantitative estimate of drug-likeness (QED) is 0.731. The largest absolute Gasteiger partial charge is 0.451 e. The first-order valence-corrected chi connectivity index (χ1v) is 7.62. The summed E-state index contributed by atoms with van der Waals surface area (Å²) in [5, 5.41) is 2.08. The lowest BCUT2D eigenvalue weighted by atomic mass is 9.96. The van der Waals surface area contributed by atoms with Crippen LogP contribution in [-0.2, 0) is 19.3 Å². The first-order chi connectivity index (χ1) is 9.39. The summed E-state index contributed by atoms with van der Waals surface area (Å²) in [6.45, 7) is 0. The highest BCUT2D eigenvalue weighted by atomic mass is 32.2. The van der Waals surface area contributed by atoms with E-state index in [2.05, 4.69) is 19.1 Å². The zero-order chi connectivity index (χ0) is 15.2. The summed E-state index contributed by atoms with van der Waals surface area (Å²) in [7, 11) is -2.05. The highest BCUT2D eigenvalue weighted by Crippen LogP contribution is 2.18. The predicted molar refractivity (Wildman–Crippen MR) is 68.7 cm³/mol. The fourth-order valence-corrected chi connectivity index (χ4v) is 2.89. The van der Waals surface area contributed by atoms with Crippen LogP contribution in [0.2, 0.25) is 0 Å². The Balaban J connectivity index is 2.69. The molecule has 0 heterocycles. The Morgan fingerprint density at radius 3 is 2.30 bits per heavy atom. The zero-order valence-corrected chi connectivity index (χ0v) is 12.2. The number of carbonyl (C=O) groups is 2. The molecule has 1 fully saturated rings. The average molecular weight is 309 g/mol. The number of amides is 3. The molecule has 2 N–H and O–H groups in total. The van der Waals surface area contributed by atoms with Crippen LogP contribution < -0.4 is 10.0 Å². The molecule has 0 aromatic carbocycles. The Morgan fingerprint density at radius 1 is 1.20 bits per heavy atom. The van der Waals surface area contributed by atoms with Crippen molar-refractivity contribution < 1.29 is 27.0 Å². The van der Waals surface area contributed by atoms with Gasteiger partial charge in [0.2, 0.25) is 0 Å². The number of hydrogen-bond donors (Lipinski definition) is 2. The monoisotopic (exact) mass is 309 g/mol. The van der Waals surface area contributed by atoms with Gasteiger partial charge in [0.1, 0.15) is 0 Å². The Morgan fingerprint density at radius 2 is 1.80 bits per heavy atom. The summed E-state index contributed by atoms with van der Waals surface area (Å²) in [6, 6.07) is -1.30. The van der Waals surface area contributed by atoms with Gasteiger partial charge < -0.3 is 10.1 Å². The molecule has 0 radical (unpaired) electrons. The van der Waals surface area contributed by atoms with Gasteiger partial charge in [-0.15, -0.1) is 4.28 Å². The van der Waals surface area contributed by atoms with Crippen LogP contribution >= 0.6 is 0 Å². The number of hydroxylamine groups is 2. The maximum absolute atomic E-state index is 11.8. The number of nitrogens with one attached hydrogen (secondary N) is 2. The fraction of sp³-hybridized carbons (Fsp3) is 0.800. The van der Waals surface area contributed by atoms with Gasteiger partial charge in [-0.05, 0) is 12.8 Å². The third-order valence-corrected chi connectivity index (χ3v) is 3.79. The van der Waals surface area contributed by atoms with Crippen LogP contribution in [-0.4, -0.2) is 45.8 Å². The van der Waals surface area contributed by atoms with Crippen molar-refractivity contribution in [3.05, 3.63) is 0 Å². The third kappa shape index (κ3) is 4.94. The molecule has 1 rings (SSSR count). The van der Waals surface area contributed by atoms with E-state index in [0.717, 1.165) is 26.4 Å². The highest BCUT2D eigenvalue weighted by Gasteiger charge is 2.31. The van der Waals surface area contributed by atoms with Gasteiger partial charge >= 0.3 is 22.4 Å². The molecule has 1 saturated carbocycles. The Labute approximate surface area is 117 Å². The number of nitrogens with zero attached hydrogens (tertiary/aromatic N) is 1. The van der Waals surface area contributed by atoms with Crippen LogP contribution in [0.5, 0.6) is 0 Å². The smallest absolute Gasteiger partial charge is 0.443 e. The van der Waals surface area contributed by atoms with Gasteiger partial charge in [0.05, 0.1) is 7.11 Å². The normalized spacial score (nSPS) is 16.5. The lowest BCUT2D eigenvalue weighted by Crippen LogP contribution is -2.47. The van der Waals surface area contributed by atoms with Crippen LogP contribution in [0.25, 0.3) is 0 Å². The van der Waals surface area contributed by atoms with Crippen molar-refractivity contribution in [2.45, 2.75) is 38.1 Å². The molecule has 9 nitrogen and oxygen atoms in total. The number of hydrogen-bond acceptors (Lipinski definition) is 6. The third-order valence-electron chi connectivity index (χ3n) is 2.83. The molecule has 0 spiro atoms. The van der Waals surface area contributed by atoms with Crippen LogP contribution in [0.15, 0.2) is 0 Å². The number of rotatable bonds is 4. The van der Waals surface area contributed by atoms with E-state index in [1.165, 1.54) is 7.05 Å². The van der Waals surface area contributed by atoms with Crippen molar-refractivity contribution in [2.24, 2.45) is 0 Å². The Hall–Kier alpha value is -1.39. The van der Waals surface area contributed by atoms with E-state index in [9.17, 15) is 18.0 Å². The minimum atomic E-state index is -4.28. The maximum atomic E-state index is 11.8. The van der Waals surface area contributed by atoms with Gasteiger partial charge in [0.25, 0.3) is 0 Å². The molecule has 3 amide bonds. The predicted octanol–water partition coefficient (Wildman–Crippen LogP) is 0.493. The topological polar surface area (TPSA) is 114 Å². The van der Waals surface area contributed by atoms with E-state index in [-0.39, 0.29) is 11.1 Å². The summed E-state index contributed by atoms with van der Waals surface area (Å²) >= 11 is 0. The van der Waals surface area contributed by atoms with Gasteiger partial charge in [-0.25, -0.2) is 9.59 Å². The minimum absolute atomic E-state index is 0.00512. The number of imide groups is 1. The lowest BCUT2D eigenvalue weighted by molar-refractivity contribution is -0.00281. The zero-order valence-electron chi connectivity index (χ0n) is 11.4. The van der Waals surface area contributed by atoms with E-state index in [1.807, 2.05) is 0 Å². The summed E-state index contributed by atoms with van der Waals surface area (Å²) in [6.07, 6.45) is 3.05. The molecule has 0 unspecified atom stereocenters. The van der Waals surface area contributed by atoms with Crippen molar-refractivity contribution >= 4 is 22.4 Å². The van der Waals surface area contributed by atoms with Crippen molar-refractivity contribution in [1.82, 2.24) is 15.1 Å². The van der Waals surface area contributed by atoms with E-state index in [4.69, 9.17) is 0 Å². The first kappa shape index (κ1) is 16.7. The van der Waals surface area contributed by atoms with Crippen LogP contribution in [0.4, 0.5) is 9.59 Å². The van der Waals surface area contributed by atoms with E-state index in [1.54, 1.807) is 0 Å². The lowest BCUT2D eigenvalue weighted by Gasteiger charge is -2.23. The van der Waals surface area contributed by atoms with E-state index >= 15 is 0 Å². The van der Waals surface area contributed by atoms with Gasteiger partial charge in [0.15, 0.2) is 0 Å². The highest BCUT2D eigenvalue weighted by molar-refractivity contribution is 7.84. The number of carbonyl (C=O) groups excluding carboxylic acids is 2. The minimum Gasteiger partial charge on any atom is -0.451 e. The molecule has 1 aliphatic carbocycles. The van der Waals surface area contributed by atoms with E-state index < -0.39 is 22.4 Å². The molecule has 20 heavy (non-hydrogen) atoms. The van der Waals surface area contributed by atoms with Crippen molar-refractivity contribution in [2.75, 3.05) is 14.2 Å². The maximum Gasteiger partial charge on any atom is 0.443 e. The molecular weight excluding hydrogens is 290 g/mol. The molecule has 0 aromatic rings. The summed E-state index contributed by atoms with van der Waals surface area (Å²) < 4.78 is 34.6. The summed E-state index contributed by atoms with van der Waals surface area (Å²) in [5.41, 5.74) is 0. The van der Waals surface area contributed by atoms with Crippen molar-refractivity contribution in [1.29, 1.82) is 0 Å². The number of urea groups is 1. The van der Waals surface area contributed by atoms with Crippen molar-refractivity contribution in [3.8, 4) is 0 Å². The van der Waals surface area contributed by atoms with Crippen molar-refractivity contribution in [3.63, 3.8) is 0 Å². The molecule has 116 valence electrons. The SMILES string of the molecule is CNC(=O)N(OS(=O)(=O)NC1CCCCC1)C(=O)OC. The molecule has 10 heteroatoms. The fourth-order valence-electron chi connectivity index (χ4n) is 1.88. The second kappa shape index (κ2) is 7.41. The van der Waals surface area contributed by atoms with Gasteiger partial charge in [-0.1, -0.05) is 24.3 Å². The average Bonchev–Trinajstić information content (AvgIpc) is 2.43. The molecular formula is C10H19N3O6S. The molecule has 0 saturated heterocycles. The molecule has 0 aromatic heterocycles. The second-order valence-corrected chi connectivity index (χ2v) is 5.59. The van der Waals surface area contributed by atoms with Crippen LogP contribution in [0.1, 0.15) is 32.1 Å². The molecule has 0 aliphatic heterocycles. The van der Waals surface area contributed by atoms with Gasteiger partial charge in [0, 0.05) is 13.1 Å². The Bertz CT molecular complexity index is 430. The number of methoxy groups -OCH3 is 1. The summed E-state index contributed by atoms with van der Waals surface area (Å²) in [5.74, 6) is 0. The van der Waals surface area contributed by atoms with E-state index in [0.29, 0.717) is 12.8 Å². The molecule has 0 bridgehead atoms. The van der Waals surface area contributed by atoms with Crippen LogP contribution in [0, 0.1) is 0 Å². The molecule has 0 atom stereocenters. The Kier molecular flexibility index (Phi) is 6.17. The first-order valence-electron chi connectivity index (χ1n) is 6.21. The second-order valence-electron chi connectivity index (χ2n) is 4.30.